The van der Waals surface area contributed by atoms with Gasteiger partial charge < -0.3 is 9.84 Å². The fourth-order valence-electron chi connectivity index (χ4n) is 1.54. The van der Waals surface area contributed by atoms with Gasteiger partial charge in [-0.15, -0.1) is 11.3 Å². The highest BCUT2D eigenvalue weighted by molar-refractivity contribution is 7.91. The summed E-state index contributed by atoms with van der Waals surface area (Å²) in [4.78, 5) is 23.8. The zero-order valence-corrected chi connectivity index (χ0v) is 15.7. The number of hydrogen-bond donors (Lipinski definition) is 1. The van der Waals surface area contributed by atoms with Crippen molar-refractivity contribution in [1.29, 1.82) is 0 Å². The second-order valence-corrected chi connectivity index (χ2v) is 9.90. The van der Waals surface area contributed by atoms with Crippen LogP contribution in [0.4, 0.5) is 4.79 Å². The van der Waals surface area contributed by atoms with Gasteiger partial charge in [0.25, 0.3) is 10.0 Å². The summed E-state index contributed by atoms with van der Waals surface area (Å²) in [6.07, 6.45) is -1.27. The Morgan fingerprint density at radius 1 is 1.22 bits per heavy atom. The van der Waals surface area contributed by atoms with E-state index in [1.54, 1.807) is 20.8 Å². The summed E-state index contributed by atoms with van der Waals surface area (Å²) in [6.45, 7) is 6.85. The normalized spacial score (nSPS) is 12.8. The molecule has 1 amide bonds. The number of sulfonamides is 1. The predicted molar refractivity (Wildman–Crippen MR) is 86.3 cm³/mol. The third-order valence-electron chi connectivity index (χ3n) is 2.63. The first-order valence-corrected chi connectivity index (χ1v) is 9.10. The average molecular weight is 384 g/mol. The standard InChI is InChI=1S/C13H18ClNO6S2/c1-12(2,3)21-11(18)15(13(4,5)10(16)17)23(19,20)9-7-6-8(14)22-9/h6-7H,1-5H3,(H,16,17). The van der Waals surface area contributed by atoms with E-state index in [1.165, 1.54) is 12.1 Å². The Balaban J connectivity index is 3.47. The molecular formula is C13H18ClNO6S2. The molecule has 0 unspecified atom stereocenters. The third-order valence-corrected chi connectivity index (χ3v) is 6.27. The van der Waals surface area contributed by atoms with Crippen LogP contribution in [0.25, 0.3) is 0 Å². The molecule has 0 aromatic carbocycles. The smallest absolute Gasteiger partial charge is 0.425 e. The van der Waals surface area contributed by atoms with Crippen molar-refractivity contribution in [3.05, 3.63) is 16.5 Å². The fourth-order valence-corrected chi connectivity index (χ4v) is 4.70. The number of halogens is 1. The zero-order valence-electron chi connectivity index (χ0n) is 13.3. The molecule has 23 heavy (non-hydrogen) atoms. The Hall–Kier alpha value is -1.32. The molecule has 130 valence electrons. The molecule has 0 saturated carbocycles. The number of thiophene rings is 1. The van der Waals surface area contributed by atoms with Crippen LogP contribution in [-0.2, 0) is 19.6 Å². The van der Waals surface area contributed by atoms with Crippen LogP contribution in [0.1, 0.15) is 34.6 Å². The Bertz CT molecular complexity index is 717. The van der Waals surface area contributed by atoms with Gasteiger partial charge in [-0.05, 0) is 46.8 Å². The molecule has 0 aliphatic carbocycles. The largest absolute Gasteiger partial charge is 0.479 e. The van der Waals surface area contributed by atoms with Crippen LogP contribution >= 0.6 is 22.9 Å². The molecule has 1 aromatic rings. The van der Waals surface area contributed by atoms with Crippen molar-refractivity contribution < 1.29 is 27.9 Å². The highest BCUT2D eigenvalue weighted by Crippen LogP contribution is 2.33. The minimum atomic E-state index is -4.44. The highest BCUT2D eigenvalue weighted by atomic mass is 35.5. The summed E-state index contributed by atoms with van der Waals surface area (Å²) >= 11 is 6.46. The third kappa shape index (κ3) is 4.36. The van der Waals surface area contributed by atoms with Crippen LogP contribution in [0.2, 0.25) is 4.34 Å². The van der Waals surface area contributed by atoms with Gasteiger partial charge in [0.2, 0.25) is 0 Å². The van der Waals surface area contributed by atoms with Crippen molar-refractivity contribution in [2.24, 2.45) is 0 Å². The number of carbonyl (C=O) groups is 2. The number of aliphatic carboxylic acids is 1. The van der Waals surface area contributed by atoms with E-state index in [2.05, 4.69) is 0 Å². The van der Waals surface area contributed by atoms with E-state index in [9.17, 15) is 23.1 Å². The minimum Gasteiger partial charge on any atom is -0.479 e. The van der Waals surface area contributed by atoms with Crippen LogP contribution in [0.3, 0.4) is 0 Å². The maximum absolute atomic E-state index is 12.7. The summed E-state index contributed by atoms with van der Waals surface area (Å²) in [5, 5.41) is 9.34. The molecule has 7 nitrogen and oxygen atoms in total. The maximum Gasteiger partial charge on any atom is 0.425 e. The van der Waals surface area contributed by atoms with E-state index < -0.39 is 33.2 Å². The summed E-state index contributed by atoms with van der Waals surface area (Å²) in [5.41, 5.74) is -3.04. The van der Waals surface area contributed by atoms with Crippen molar-refractivity contribution in [3.63, 3.8) is 0 Å². The Kier molecular flexibility index (Phi) is 5.40. The second kappa shape index (κ2) is 6.29. The lowest BCUT2D eigenvalue weighted by Crippen LogP contribution is -2.56. The van der Waals surface area contributed by atoms with Crippen LogP contribution in [0, 0.1) is 0 Å². The maximum atomic E-state index is 12.7. The van der Waals surface area contributed by atoms with E-state index in [1.807, 2.05) is 0 Å². The fraction of sp³-hybridized carbons (Fsp3) is 0.538. The molecule has 1 rings (SSSR count). The van der Waals surface area contributed by atoms with Crippen molar-refractivity contribution in [1.82, 2.24) is 4.31 Å². The quantitative estimate of drug-likeness (QED) is 0.856. The van der Waals surface area contributed by atoms with Gasteiger partial charge in [-0.1, -0.05) is 11.6 Å². The molecule has 0 spiro atoms. The molecule has 1 aromatic heterocycles. The number of carboxylic acids is 1. The number of nitrogens with zero attached hydrogens (tertiary/aromatic N) is 1. The van der Waals surface area contributed by atoms with E-state index in [4.69, 9.17) is 16.3 Å². The monoisotopic (exact) mass is 383 g/mol. The number of amides is 1. The number of ether oxygens (including phenoxy) is 1. The van der Waals surface area contributed by atoms with Gasteiger partial charge >= 0.3 is 12.1 Å². The molecule has 10 heteroatoms. The van der Waals surface area contributed by atoms with Crippen LogP contribution in [0.15, 0.2) is 16.3 Å². The lowest BCUT2D eigenvalue weighted by atomic mass is 10.1. The van der Waals surface area contributed by atoms with Gasteiger partial charge in [-0.2, -0.15) is 12.7 Å². The first kappa shape index (κ1) is 19.7. The van der Waals surface area contributed by atoms with Gasteiger partial charge in [0.1, 0.15) is 9.81 Å². The van der Waals surface area contributed by atoms with E-state index in [0.717, 1.165) is 25.2 Å². The van der Waals surface area contributed by atoms with E-state index in [-0.39, 0.29) is 12.9 Å². The first-order valence-electron chi connectivity index (χ1n) is 6.47. The molecule has 0 saturated heterocycles. The number of rotatable bonds is 4. The van der Waals surface area contributed by atoms with Crippen molar-refractivity contribution in [2.75, 3.05) is 0 Å². The molecular weight excluding hydrogens is 366 g/mol. The molecule has 0 aliphatic heterocycles. The molecule has 0 fully saturated rings. The van der Waals surface area contributed by atoms with Crippen LogP contribution in [-0.4, -0.2) is 41.0 Å². The van der Waals surface area contributed by atoms with Gasteiger partial charge in [-0.3, -0.25) is 0 Å². The summed E-state index contributed by atoms with van der Waals surface area (Å²) in [6, 6.07) is 2.55. The number of carboxylic acid groups (broad SMARTS) is 1. The Morgan fingerprint density at radius 3 is 2.09 bits per heavy atom. The van der Waals surface area contributed by atoms with Gasteiger partial charge in [-0.25, -0.2) is 9.59 Å². The minimum absolute atomic E-state index is 0.195. The van der Waals surface area contributed by atoms with Crippen molar-refractivity contribution in [2.45, 2.75) is 50.0 Å². The van der Waals surface area contributed by atoms with Gasteiger partial charge in [0, 0.05) is 0 Å². The highest BCUT2D eigenvalue weighted by Gasteiger charge is 2.48. The molecule has 0 bridgehead atoms. The average Bonchev–Trinajstić information content (AvgIpc) is 2.72. The second-order valence-electron chi connectivity index (χ2n) is 6.17. The SMILES string of the molecule is CC(C)(C)OC(=O)N(C(C)(C)C(=O)O)S(=O)(=O)c1ccc(Cl)s1. The summed E-state index contributed by atoms with van der Waals surface area (Å²) in [5.74, 6) is -1.49. The summed E-state index contributed by atoms with van der Waals surface area (Å²) in [7, 11) is -4.44. The molecule has 1 N–H and O–H groups in total. The topological polar surface area (TPSA) is 101 Å². The molecule has 0 radical (unpaired) electrons. The lowest BCUT2D eigenvalue weighted by molar-refractivity contribution is -0.146. The van der Waals surface area contributed by atoms with Gasteiger partial charge in [0.05, 0.1) is 4.34 Å². The molecule has 0 aliphatic rings. The lowest BCUT2D eigenvalue weighted by Gasteiger charge is -2.34. The molecule has 1 heterocycles. The van der Waals surface area contributed by atoms with Crippen LogP contribution in [0.5, 0.6) is 0 Å². The molecule has 0 atom stereocenters. The van der Waals surface area contributed by atoms with Crippen molar-refractivity contribution >= 4 is 45.0 Å². The summed E-state index contributed by atoms with van der Waals surface area (Å²) < 4.78 is 30.7. The number of hydrogen-bond acceptors (Lipinski definition) is 6. The van der Waals surface area contributed by atoms with E-state index in [0.29, 0.717) is 0 Å². The Labute approximate surface area is 143 Å². The Morgan fingerprint density at radius 2 is 1.74 bits per heavy atom. The van der Waals surface area contributed by atoms with E-state index >= 15 is 0 Å². The number of carbonyl (C=O) groups excluding carboxylic acids is 1. The van der Waals surface area contributed by atoms with Crippen LogP contribution < -0.4 is 0 Å². The predicted octanol–water partition coefficient (Wildman–Crippen LogP) is 3.19. The van der Waals surface area contributed by atoms with Crippen molar-refractivity contribution in [3.8, 4) is 0 Å². The zero-order chi connectivity index (χ0) is 18.2. The van der Waals surface area contributed by atoms with Gasteiger partial charge in [0.15, 0.2) is 5.54 Å². The first-order chi connectivity index (χ1) is 10.2.